The van der Waals surface area contributed by atoms with Crippen LogP contribution in [0.1, 0.15) is 35.6 Å². The van der Waals surface area contributed by atoms with E-state index in [1.165, 1.54) is 0 Å². The highest BCUT2D eigenvalue weighted by molar-refractivity contribution is 5.96. The number of non-ortho nitro benzene ring substituents is 1. The Morgan fingerprint density at radius 3 is 2.67 bits per heavy atom. The number of fused-ring (bicyclic) bond motifs is 1. The second kappa shape index (κ2) is 5.90. The number of hydrogen-bond acceptors (Lipinski definition) is 4. The average molecular weight is 331 g/mol. The molecule has 0 spiro atoms. The molecule has 0 saturated heterocycles. The first-order chi connectivity index (χ1) is 11.4. The van der Waals surface area contributed by atoms with E-state index in [9.17, 15) is 20.0 Å². The molecule has 7 heteroatoms. The van der Waals surface area contributed by atoms with Crippen molar-refractivity contribution >= 4 is 22.6 Å². The minimum atomic E-state index is -0.938. The van der Waals surface area contributed by atoms with E-state index in [1.54, 1.807) is 13.1 Å². The quantitative estimate of drug-likeness (QED) is 0.624. The third-order valence-electron chi connectivity index (χ3n) is 5.06. The van der Waals surface area contributed by atoms with Gasteiger partial charge in [-0.2, -0.15) is 0 Å². The maximum absolute atomic E-state index is 11.4. The Labute approximate surface area is 139 Å². The second-order valence-corrected chi connectivity index (χ2v) is 6.53. The van der Waals surface area contributed by atoms with Crippen LogP contribution in [0.5, 0.6) is 0 Å². The smallest absolute Gasteiger partial charge is 0.308 e. The molecule has 1 aromatic heterocycles. The van der Waals surface area contributed by atoms with Gasteiger partial charge in [0.15, 0.2) is 0 Å². The highest BCUT2D eigenvalue weighted by Gasteiger charge is 2.32. The highest BCUT2D eigenvalue weighted by Crippen LogP contribution is 2.47. The number of nitrogens with zero attached hydrogens (tertiary/aromatic N) is 2. The van der Waals surface area contributed by atoms with E-state index in [0.29, 0.717) is 11.4 Å². The van der Waals surface area contributed by atoms with Crippen molar-refractivity contribution in [2.45, 2.75) is 32.1 Å². The molecule has 1 unspecified atom stereocenters. The molecule has 1 fully saturated rings. The number of carboxylic acids is 1. The first kappa shape index (κ1) is 16.4. The van der Waals surface area contributed by atoms with Gasteiger partial charge in [-0.1, -0.05) is 6.07 Å². The molecule has 24 heavy (non-hydrogen) atoms. The van der Waals surface area contributed by atoms with Crippen molar-refractivity contribution < 1.29 is 14.8 Å². The zero-order chi connectivity index (χ0) is 17.6. The lowest BCUT2D eigenvalue weighted by Gasteiger charge is -2.11. The SMILES string of the molecule is Cc1c(CC(CN)C(=O)O)c2c(C3CC3)ccc([N+](=O)[O-])c2n1C. The number of rotatable bonds is 6. The lowest BCUT2D eigenvalue weighted by Crippen LogP contribution is -2.25. The molecule has 1 aliphatic rings. The molecule has 7 nitrogen and oxygen atoms in total. The summed E-state index contributed by atoms with van der Waals surface area (Å²) in [5, 5.41) is 21.6. The summed E-state index contributed by atoms with van der Waals surface area (Å²) < 4.78 is 1.81. The number of carbonyl (C=O) groups is 1. The van der Waals surface area contributed by atoms with E-state index >= 15 is 0 Å². The molecule has 1 aromatic carbocycles. The van der Waals surface area contributed by atoms with Gasteiger partial charge in [-0.25, -0.2) is 0 Å². The summed E-state index contributed by atoms with van der Waals surface area (Å²) in [7, 11) is 1.79. The summed E-state index contributed by atoms with van der Waals surface area (Å²) in [6, 6.07) is 3.40. The predicted molar refractivity (Wildman–Crippen MR) is 90.2 cm³/mol. The fourth-order valence-corrected chi connectivity index (χ4v) is 3.45. The number of hydrogen-bond donors (Lipinski definition) is 2. The highest BCUT2D eigenvalue weighted by atomic mass is 16.6. The number of nitro groups is 1. The second-order valence-electron chi connectivity index (χ2n) is 6.53. The molecule has 0 bridgehead atoms. The van der Waals surface area contributed by atoms with Crippen LogP contribution in [0.4, 0.5) is 5.69 Å². The molecule has 1 saturated carbocycles. The van der Waals surface area contributed by atoms with E-state index in [4.69, 9.17) is 5.73 Å². The van der Waals surface area contributed by atoms with E-state index < -0.39 is 11.9 Å². The summed E-state index contributed by atoms with van der Waals surface area (Å²) in [6.07, 6.45) is 2.43. The first-order valence-corrected chi connectivity index (χ1v) is 8.04. The van der Waals surface area contributed by atoms with Gasteiger partial charge in [0.1, 0.15) is 5.52 Å². The van der Waals surface area contributed by atoms with E-state index in [-0.39, 0.29) is 23.6 Å². The fraction of sp³-hybridized carbons (Fsp3) is 0.471. The molecule has 1 aliphatic carbocycles. The monoisotopic (exact) mass is 331 g/mol. The zero-order valence-corrected chi connectivity index (χ0v) is 13.8. The van der Waals surface area contributed by atoms with Gasteiger partial charge in [-0.15, -0.1) is 0 Å². The van der Waals surface area contributed by atoms with Crippen molar-refractivity contribution in [3.63, 3.8) is 0 Å². The van der Waals surface area contributed by atoms with Crippen LogP contribution in [-0.4, -0.2) is 27.1 Å². The Morgan fingerprint density at radius 2 is 2.17 bits per heavy atom. The molecule has 3 N–H and O–H groups in total. The summed E-state index contributed by atoms with van der Waals surface area (Å²) in [6.45, 7) is 1.92. The minimum Gasteiger partial charge on any atom is -0.481 e. The number of carboxylic acid groups (broad SMARTS) is 1. The Balaban J connectivity index is 2.28. The van der Waals surface area contributed by atoms with Crippen LogP contribution in [-0.2, 0) is 18.3 Å². The summed E-state index contributed by atoms with van der Waals surface area (Å²) in [5.41, 5.74) is 9.08. The van der Waals surface area contributed by atoms with E-state index in [0.717, 1.165) is 35.0 Å². The molecule has 0 aliphatic heterocycles. The number of aromatic nitrogens is 1. The van der Waals surface area contributed by atoms with Gasteiger partial charge in [0.05, 0.1) is 10.8 Å². The molecular weight excluding hydrogens is 310 g/mol. The number of nitrogens with two attached hydrogens (primary N) is 1. The largest absolute Gasteiger partial charge is 0.481 e. The topological polar surface area (TPSA) is 111 Å². The van der Waals surface area contributed by atoms with Gasteiger partial charge in [0.2, 0.25) is 0 Å². The summed E-state index contributed by atoms with van der Waals surface area (Å²) in [4.78, 5) is 22.5. The molecule has 3 rings (SSSR count). The fourth-order valence-electron chi connectivity index (χ4n) is 3.45. The van der Waals surface area contributed by atoms with Crippen LogP contribution in [0.2, 0.25) is 0 Å². The molecule has 0 amide bonds. The van der Waals surface area contributed by atoms with Crippen molar-refractivity contribution in [1.29, 1.82) is 0 Å². The number of aliphatic carboxylic acids is 1. The van der Waals surface area contributed by atoms with Crippen LogP contribution in [0.25, 0.3) is 10.9 Å². The standard InChI is InChI=1S/C17H21N3O4/c1-9-13(7-11(8-18)17(21)22)15-12(10-3-4-10)5-6-14(20(23)24)16(15)19(9)2/h5-6,10-11H,3-4,7-8,18H2,1-2H3,(H,21,22). The van der Waals surface area contributed by atoms with Gasteiger partial charge < -0.3 is 15.4 Å². The third-order valence-corrected chi connectivity index (χ3v) is 5.06. The van der Waals surface area contributed by atoms with Gasteiger partial charge in [-0.05, 0) is 43.2 Å². The maximum atomic E-state index is 11.4. The average Bonchev–Trinajstić information content (AvgIpc) is 3.34. The number of benzene rings is 1. The Hall–Kier alpha value is -2.41. The van der Waals surface area contributed by atoms with Gasteiger partial charge in [-0.3, -0.25) is 14.9 Å². The molecule has 128 valence electrons. The van der Waals surface area contributed by atoms with Crippen LogP contribution >= 0.6 is 0 Å². The minimum absolute atomic E-state index is 0.0405. The maximum Gasteiger partial charge on any atom is 0.308 e. The molecule has 2 aromatic rings. The van der Waals surface area contributed by atoms with Crippen LogP contribution in [0.3, 0.4) is 0 Å². The summed E-state index contributed by atoms with van der Waals surface area (Å²) in [5.74, 6) is -1.22. The summed E-state index contributed by atoms with van der Waals surface area (Å²) >= 11 is 0. The Kier molecular flexibility index (Phi) is 4.04. The third kappa shape index (κ3) is 2.54. The van der Waals surface area contributed by atoms with Crippen LogP contribution < -0.4 is 5.73 Å². The van der Waals surface area contributed by atoms with Crippen molar-refractivity contribution in [1.82, 2.24) is 4.57 Å². The van der Waals surface area contributed by atoms with Gasteiger partial charge in [0, 0.05) is 30.7 Å². The Bertz CT molecular complexity index is 836. The molecule has 0 radical (unpaired) electrons. The molecular formula is C17H21N3O4. The number of nitro benzene ring substituents is 1. The van der Waals surface area contributed by atoms with Crippen molar-refractivity contribution in [2.24, 2.45) is 18.7 Å². The van der Waals surface area contributed by atoms with Gasteiger partial charge >= 0.3 is 5.97 Å². The van der Waals surface area contributed by atoms with E-state index in [2.05, 4.69) is 0 Å². The Morgan fingerprint density at radius 1 is 1.50 bits per heavy atom. The molecule has 1 heterocycles. The lowest BCUT2D eigenvalue weighted by atomic mass is 9.93. The zero-order valence-electron chi connectivity index (χ0n) is 13.8. The van der Waals surface area contributed by atoms with Crippen molar-refractivity contribution in [3.8, 4) is 0 Å². The normalized spacial score (nSPS) is 15.6. The number of aryl methyl sites for hydroxylation is 1. The first-order valence-electron chi connectivity index (χ1n) is 8.04. The van der Waals surface area contributed by atoms with Crippen molar-refractivity contribution in [3.05, 3.63) is 39.1 Å². The van der Waals surface area contributed by atoms with Crippen LogP contribution in [0, 0.1) is 23.0 Å². The lowest BCUT2D eigenvalue weighted by molar-refractivity contribution is -0.383. The predicted octanol–water partition coefficient (Wildman–Crippen LogP) is 2.47. The van der Waals surface area contributed by atoms with Crippen molar-refractivity contribution in [2.75, 3.05) is 6.54 Å². The van der Waals surface area contributed by atoms with E-state index in [1.807, 2.05) is 17.6 Å². The molecule has 1 atom stereocenters. The van der Waals surface area contributed by atoms with Crippen LogP contribution in [0.15, 0.2) is 12.1 Å². The van der Waals surface area contributed by atoms with Gasteiger partial charge in [0.25, 0.3) is 5.69 Å².